The molecule has 0 radical (unpaired) electrons. The minimum atomic E-state index is -0.546. The summed E-state index contributed by atoms with van der Waals surface area (Å²) in [5.74, 6) is 0.00572. The van der Waals surface area contributed by atoms with Crippen LogP contribution < -0.4 is 15.1 Å². The molecule has 0 aliphatic carbocycles. The topological polar surface area (TPSA) is 88.9 Å². The minimum Gasteiger partial charge on any atom is -0.443 e. The molecule has 3 aromatic rings. The van der Waals surface area contributed by atoms with Gasteiger partial charge in [0.05, 0.1) is 17.3 Å². The highest BCUT2D eigenvalue weighted by Gasteiger charge is 2.31. The van der Waals surface area contributed by atoms with Gasteiger partial charge in [-0.3, -0.25) is 9.69 Å². The lowest BCUT2D eigenvalue weighted by Crippen LogP contribution is -2.48. The number of piperidine rings is 1. The fourth-order valence-corrected chi connectivity index (χ4v) is 6.92. The molecule has 1 saturated heterocycles. The Morgan fingerprint density at radius 2 is 1.72 bits per heavy atom. The lowest BCUT2D eigenvalue weighted by atomic mass is 9.98. The second-order valence-corrected chi connectivity index (χ2v) is 14.1. The van der Waals surface area contributed by atoms with Crippen LogP contribution in [-0.2, 0) is 17.7 Å². The quantitative estimate of drug-likeness (QED) is 0.269. The van der Waals surface area contributed by atoms with Crippen LogP contribution in [0.15, 0.2) is 60.7 Å². The first-order chi connectivity index (χ1) is 22.4. The maximum atomic E-state index is 12.9. The third-order valence-corrected chi connectivity index (χ3v) is 9.43. The van der Waals surface area contributed by atoms with Crippen molar-refractivity contribution < 1.29 is 14.3 Å². The Morgan fingerprint density at radius 3 is 2.40 bits per heavy atom. The van der Waals surface area contributed by atoms with E-state index in [0.717, 1.165) is 78.0 Å². The number of amides is 2. The standard InChI is InChI=1S/C39H49N5O3/c1-27-9-7-10-28(2)36(27)37(45)41-19-15-29(3)42-20-17-33(18-21-42)44(26-31-12-8-11-30(23-31)25-40)34-13-14-35-32(24-34)16-22-43(35)38(46)47-39(4,5)6/h7-14,23-24,29,33H,15-22,26H2,1-6H3,(H,41,45). The molecular formula is C39H49N5O3. The molecule has 2 aliphatic heterocycles. The molecule has 1 fully saturated rings. The van der Waals surface area contributed by atoms with Crippen molar-refractivity contribution in [1.29, 1.82) is 5.26 Å². The summed E-state index contributed by atoms with van der Waals surface area (Å²) in [7, 11) is 0. The summed E-state index contributed by atoms with van der Waals surface area (Å²) < 4.78 is 5.67. The number of carbonyl (C=O) groups is 2. The Balaban J connectivity index is 1.25. The van der Waals surface area contributed by atoms with Gasteiger partial charge in [0.25, 0.3) is 5.91 Å². The van der Waals surface area contributed by atoms with Crippen molar-refractivity contribution in [2.45, 2.75) is 91.5 Å². The van der Waals surface area contributed by atoms with Crippen LogP contribution in [0.3, 0.4) is 0 Å². The van der Waals surface area contributed by atoms with Crippen LogP contribution in [-0.4, -0.2) is 60.8 Å². The van der Waals surface area contributed by atoms with Crippen molar-refractivity contribution in [3.05, 3.63) is 94.0 Å². The molecule has 0 bridgehead atoms. The maximum Gasteiger partial charge on any atom is 0.414 e. The molecular weight excluding hydrogens is 586 g/mol. The normalized spacial score (nSPS) is 15.9. The highest BCUT2D eigenvalue weighted by atomic mass is 16.6. The summed E-state index contributed by atoms with van der Waals surface area (Å²) in [6, 6.07) is 23.2. The molecule has 1 N–H and O–H groups in total. The molecule has 8 heteroatoms. The van der Waals surface area contributed by atoms with Crippen molar-refractivity contribution in [3.63, 3.8) is 0 Å². The fraction of sp³-hybridized carbons (Fsp3) is 0.462. The summed E-state index contributed by atoms with van der Waals surface area (Å²) in [4.78, 5) is 32.6. The Labute approximate surface area is 280 Å². The van der Waals surface area contributed by atoms with E-state index in [9.17, 15) is 14.9 Å². The van der Waals surface area contributed by atoms with Crippen LogP contribution in [0.25, 0.3) is 0 Å². The number of nitrogens with one attached hydrogen (secondary N) is 1. The Kier molecular flexibility index (Phi) is 10.6. The number of fused-ring (bicyclic) bond motifs is 1. The van der Waals surface area contributed by atoms with E-state index >= 15 is 0 Å². The molecule has 1 unspecified atom stereocenters. The van der Waals surface area contributed by atoms with E-state index in [0.29, 0.717) is 37.3 Å². The molecule has 5 rings (SSSR count). The monoisotopic (exact) mass is 635 g/mol. The van der Waals surface area contributed by atoms with Gasteiger partial charge < -0.3 is 19.9 Å². The summed E-state index contributed by atoms with van der Waals surface area (Å²) >= 11 is 0. The van der Waals surface area contributed by atoms with Crippen molar-refractivity contribution in [2.24, 2.45) is 0 Å². The van der Waals surface area contributed by atoms with E-state index in [2.05, 4.69) is 52.4 Å². The number of ether oxygens (including phenoxy) is 1. The molecule has 0 spiro atoms. The first-order valence-corrected chi connectivity index (χ1v) is 16.9. The van der Waals surface area contributed by atoms with Gasteiger partial charge in [0.1, 0.15) is 5.60 Å². The average molecular weight is 636 g/mol. The third kappa shape index (κ3) is 8.33. The summed E-state index contributed by atoms with van der Waals surface area (Å²) in [5, 5.41) is 12.7. The first kappa shape index (κ1) is 34.0. The van der Waals surface area contributed by atoms with Gasteiger partial charge in [0, 0.05) is 56.1 Å². The fourth-order valence-electron chi connectivity index (χ4n) is 6.92. The van der Waals surface area contributed by atoms with E-state index < -0.39 is 5.60 Å². The number of likely N-dealkylation sites (tertiary alicyclic amines) is 1. The van der Waals surface area contributed by atoms with Gasteiger partial charge in [-0.25, -0.2) is 4.79 Å². The van der Waals surface area contributed by atoms with Gasteiger partial charge in [-0.15, -0.1) is 0 Å². The van der Waals surface area contributed by atoms with E-state index in [4.69, 9.17) is 4.74 Å². The number of aryl methyl sites for hydroxylation is 2. The number of anilines is 2. The van der Waals surface area contributed by atoms with E-state index in [-0.39, 0.29) is 12.0 Å². The molecule has 8 nitrogen and oxygen atoms in total. The Hall–Kier alpha value is -4.35. The third-order valence-electron chi connectivity index (χ3n) is 9.43. The Bertz CT molecular complexity index is 1610. The molecule has 248 valence electrons. The molecule has 2 heterocycles. The number of nitriles is 1. The first-order valence-electron chi connectivity index (χ1n) is 16.9. The average Bonchev–Trinajstić information content (AvgIpc) is 3.47. The Morgan fingerprint density at radius 1 is 1.02 bits per heavy atom. The van der Waals surface area contributed by atoms with Gasteiger partial charge in [-0.2, -0.15) is 5.26 Å². The summed E-state index contributed by atoms with van der Waals surface area (Å²) in [5.41, 5.74) is 7.22. The molecule has 0 saturated carbocycles. The van der Waals surface area contributed by atoms with Gasteiger partial charge >= 0.3 is 6.09 Å². The molecule has 2 amide bonds. The van der Waals surface area contributed by atoms with Crippen molar-refractivity contribution in [2.75, 3.05) is 36.0 Å². The van der Waals surface area contributed by atoms with Crippen LogP contribution in [0.1, 0.15) is 85.1 Å². The molecule has 47 heavy (non-hydrogen) atoms. The van der Waals surface area contributed by atoms with Crippen LogP contribution in [0.5, 0.6) is 0 Å². The van der Waals surface area contributed by atoms with Crippen LogP contribution in [0.2, 0.25) is 0 Å². The number of nitrogens with zero attached hydrogens (tertiary/aromatic N) is 4. The number of benzene rings is 3. The number of hydrogen-bond donors (Lipinski definition) is 1. The highest BCUT2D eigenvalue weighted by Crippen LogP contribution is 2.35. The molecule has 2 aliphatic rings. The van der Waals surface area contributed by atoms with Gasteiger partial charge in [0.2, 0.25) is 0 Å². The van der Waals surface area contributed by atoms with Crippen molar-refractivity contribution >= 4 is 23.4 Å². The molecule has 0 aromatic heterocycles. The van der Waals surface area contributed by atoms with Gasteiger partial charge in [-0.1, -0.05) is 30.3 Å². The van der Waals surface area contributed by atoms with E-state index in [1.807, 2.05) is 71.0 Å². The van der Waals surface area contributed by atoms with Gasteiger partial charge in [0.15, 0.2) is 0 Å². The zero-order chi connectivity index (χ0) is 33.7. The zero-order valence-electron chi connectivity index (χ0n) is 28.8. The minimum absolute atomic E-state index is 0.00572. The SMILES string of the molecule is Cc1cccc(C)c1C(=O)NCCC(C)N1CCC(N(Cc2cccc(C#N)c2)c2ccc3c(c2)CCN3C(=O)OC(C)(C)C)CC1. The summed E-state index contributed by atoms with van der Waals surface area (Å²) in [6.07, 6.45) is 3.40. The number of rotatable bonds is 9. The second kappa shape index (κ2) is 14.6. The van der Waals surface area contributed by atoms with Gasteiger partial charge in [-0.05, 0) is 120 Å². The zero-order valence-corrected chi connectivity index (χ0v) is 28.8. The van der Waals surface area contributed by atoms with Crippen molar-refractivity contribution in [3.8, 4) is 6.07 Å². The predicted molar refractivity (Wildman–Crippen MR) is 188 cm³/mol. The number of carbonyl (C=O) groups excluding carboxylic acids is 2. The van der Waals surface area contributed by atoms with E-state index in [1.54, 1.807) is 4.90 Å². The maximum absolute atomic E-state index is 12.9. The number of hydrogen-bond acceptors (Lipinski definition) is 6. The molecule has 3 aromatic carbocycles. The predicted octanol–water partition coefficient (Wildman–Crippen LogP) is 7.15. The smallest absolute Gasteiger partial charge is 0.414 e. The van der Waals surface area contributed by atoms with Crippen LogP contribution >= 0.6 is 0 Å². The largest absolute Gasteiger partial charge is 0.443 e. The summed E-state index contributed by atoms with van der Waals surface area (Å²) in [6.45, 7) is 15.8. The highest BCUT2D eigenvalue weighted by molar-refractivity contribution is 5.97. The molecule has 1 atom stereocenters. The van der Waals surface area contributed by atoms with Crippen LogP contribution in [0, 0.1) is 25.2 Å². The lowest BCUT2D eigenvalue weighted by Gasteiger charge is -2.42. The van der Waals surface area contributed by atoms with E-state index in [1.165, 1.54) is 0 Å². The second-order valence-electron chi connectivity index (χ2n) is 14.1. The van der Waals surface area contributed by atoms with Crippen LogP contribution in [0.4, 0.5) is 16.2 Å². The lowest BCUT2D eigenvalue weighted by molar-refractivity contribution is 0.0583. The van der Waals surface area contributed by atoms with Crippen molar-refractivity contribution in [1.82, 2.24) is 10.2 Å².